The third kappa shape index (κ3) is 15.1. The molecule has 4 amide bonds. The predicted molar refractivity (Wildman–Crippen MR) is 234 cm³/mol. The van der Waals surface area contributed by atoms with Gasteiger partial charge >= 0.3 is 18.2 Å². The second-order valence-electron chi connectivity index (χ2n) is 16.2. The molecule has 15 heteroatoms. The van der Waals surface area contributed by atoms with Crippen molar-refractivity contribution in [3.8, 4) is 11.1 Å². The van der Waals surface area contributed by atoms with Crippen LogP contribution >= 0.6 is 0 Å². The summed E-state index contributed by atoms with van der Waals surface area (Å²) < 4.78 is 16.7. The molecule has 4 rings (SSSR count). The van der Waals surface area contributed by atoms with E-state index in [1.54, 1.807) is 27.8 Å². The Bertz CT molecular complexity index is 1890. The first-order valence-electron chi connectivity index (χ1n) is 21.1. The summed E-state index contributed by atoms with van der Waals surface area (Å²) >= 11 is 0. The number of carbonyl (C=O) groups is 5. The molecule has 330 valence electrons. The zero-order valence-electron chi connectivity index (χ0n) is 36.2. The third-order valence-corrected chi connectivity index (χ3v) is 10.4. The van der Waals surface area contributed by atoms with Gasteiger partial charge < -0.3 is 46.1 Å². The fourth-order valence-corrected chi connectivity index (χ4v) is 6.92. The van der Waals surface area contributed by atoms with Gasteiger partial charge in [0.1, 0.15) is 36.9 Å². The molecular weight excluding hydrogens is 779 g/mol. The lowest BCUT2D eigenvalue weighted by Gasteiger charge is -2.27. The van der Waals surface area contributed by atoms with Crippen LogP contribution in [0, 0.1) is 11.3 Å². The zero-order chi connectivity index (χ0) is 44.4. The standard InChI is InChI=1S/C46H63N7O8/c1-7-30(2)39(42(56)59-28-31-18-9-8-10-19-31)53-41(55)37(25-17-27-49-43(47)48-6)51-40(54)38(24-15-16-26-50-44(57)61-46(3,4)5)52-45(58)60-29-36-34-22-13-11-20-32(34)33-21-12-14-23-35(33)36/h8-14,18-23,30,36-39H,7,15-17,24-29H2,1-6H3,(H,50,57)(H,51,54)(H,52,58)(H,53,55)(H3,47,48,49)/t30?,37-,38-,39+/m1/s1. The normalized spacial score (nSPS) is 13.8. The number of nitrogens with one attached hydrogen (secondary N) is 7. The van der Waals surface area contributed by atoms with Crippen LogP contribution in [0.4, 0.5) is 9.59 Å². The number of ether oxygens (including phenoxy) is 3. The summed E-state index contributed by atoms with van der Waals surface area (Å²) in [5.74, 6) is -2.23. The van der Waals surface area contributed by atoms with Gasteiger partial charge in [0.2, 0.25) is 11.8 Å². The Morgan fingerprint density at radius 3 is 1.90 bits per heavy atom. The van der Waals surface area contributed by atoms with Crippen molar-refractivity contribution in [2.45, 2.75) is 109 Å². The van der Waals surface area contributed by atoms with Crippen LogP contribution in [0.5, 0.6) is 0 Å². The van der Waals surface area contributed by atoms with Crippen LogP contribution in [0.15, 0.2) is 78.9 Å². The molecule has 0 fully saturated rings. The van der Waals surface area contributed by atoms with Crippen molar-refractivity contribution in [1.82, 2.24) is 31.9 Å². The second kappa shape index (κ2) is 23.6. The van der Waals surface area contributed by atoms with E-state index in [-0.39, 0.29) is 50.4 Å². The molecule has 7 N–H and O–H groups in total. The van der Waals surface area contributed by atoms with Crippen LogP contribution in [0.1, 0.15) is 95.8 Å². The van der Waals surface area contributed by atoms with Gasteiger partial charge in [-0.05, 0) is 86.6 Å². The minimum absolute atomic E-state index is 0.0300. The van der Waals surface area contributed by atoms with E-state index >= 15 is 0 Å². The molecule has 0 spiro atoms. The van der Waals surface area contributed by atoms with Crippen LogP contribution < -0.4 is 31.9 Å². The first-order chi connectivity index (χ1) is 29.2. The van der Waals surface area contributed by atoms with E-state index in [0.717, 1.165) is 27.8 Å². The molecule has 61 heavy (non-hydrogen) atoms. The molecule has 15 nitrogen and oxygen atoms in total. The highest BCUT2D eigenvalue weighted by Crippen LogP contribution is 2.44. The first-order valence-corrected chi connectivity index (χ1v) is 21.1. The van der Waals surface area contributed by atoms with E-state index in [0.29, 0.717) is 32.2 Å². The number of benzene rings is 3. The average molecular weight is 842 g/mol. The molecule has 0 bridgehead atoms. The van der Waals surface area contributed by atoms with Gasteiger partial charge in [-0.15, -0.1) is 0 Å². The van der Waals surface area contributed by atoms with Gasteiger partial charge in [-0.3, -0.25) is 15.0 Å². The molecule has 1 unspecified atom stereocenters. The number of fused-ring (bicyclic) bond motifs is 3. The Balaban J connectivity index is 1.48. The number of rotatable bonds is 21. The highest BCUT2D eigenvalue weighted by Gasteiger charge is 2.33. The maximum atomic E-state index is 14.2. The van der Waals surface area contributed by atoms with Crippen LogP contribution in [-0.2, 0) is 35.2 Å². The lowest BCUT2D eigenvalue weighted by Crippen LogP contribution is -2.57. The van der Waals surface area contributed by atoms with Gasteiger partial charge in [-0.2, -0.15) is 0 Å². The first kappa shape index (κ1) is 47.6. The van der Waals surface area contributed by atoms with Crippen molar-refractivity contribution in [3.05, 3.63) is 95.6 Å². The Morgan fingerprint density at radius 1 is 0.705 bits per heavy atom. The van der Waals surface area contributed by atoms with Crippen molar-refractivity contribution < 1.29 is 38.2 Å². The summed E-state index contributed by atoms with van der Waals surface area (Å²) in [5.41, 5.74) is 4.36. The molecule has 0 saturated carbocycles. The van der Waals surface area contributed by atoms with E-state index in [1.807, 2.05) is 92.7 Å². The Labute approximate surface area is 359 Å². The molecule has 0 saturated heterocycles. The van der Waals surface area contributed by atoms with E-state index in [2.05, 4.69) is 31.9 Å². The van der Waals surface area contributed by atoms with Crippen molar-refractivity contribution >= 4 is 35.9 Å². The Kier molecular flexibility index (Phi) is 18.4. The fourth-order valence-electron chi connectivity index (χ4n) is 6.92. The molecule has 3 aromatic rings. The molecule has 0 aliphatic heterocycles. The minimum Gasteiger partial charge on any atom is -0.459 e. The smallest absolute Gasteiger partial charge is 0.407 e. The van der Waals surface area contributed by atoms with E-state index in [9.17, 15) is 24.0 Å². The number of hydrogen-bond donors (Lipinski definition) is 7. The quantitative estimate of drug-likeness (QED) is 0.0223. The fraction of sp³-hybridized carbons (Fsp3) is 0.478. The summed E-state index contributed by atoms with van der Waals surface area (Å²) in [6.07, 6.45) is 0.739. The van der Waals surface area contributed by atoms with Gasteiger partial charge in [0.25, 0.3) is 0 Å². The lowest BCUT2D eigenvalue weighted by atomic mass is 9.98. The van der Waals surface area contributed by atoms with Gasteiger partial charge in [0.05, 0.1) is 0 Å². The number of unbranched alkanes of at least 4 members (excludes halogenated alkanes) is 1. The molecular formula is C46H63N7O8. The highest BCUT2D eigenvalue weighted by atomic mass is 16.6. The Morgan fingerprint density at radius 2 is 1.28 bits per heavy atom. The summed E-state index contributed by atoms with van der Waals surface area (Å²) in [6.45, 7) is 9.69. The van der Waals surface area contributed by atoms with Gasteiger partial charge in [0.15, 0.2) is 5.96 Å². The monoisotopic (exact) mass is 841 g/mol. The van der Waals surface area contributed by atoms with E-state index < -0.39 is 53.7 Å². The molecule has 1 aliphatic carbocycles. The topological polar surface area (TPSA) is 209 Å². The van der Waals surface area contributed by atoms with Crippen LogP contribution in [0.3, 0.4) is 0 Å². The van der Waals surface area contributed by atoms with Crippen molar-refractivity contribution in [3.63, 3.8) is 0 Å². The van der Waals surface area contributed by atoms with Crippen molar-refractivity contribution in [1.29, 1.82) is 5.41 Å². The van der Waals surface area contributed by atoms with Gasteiger partial charge in [-0.25, -0.2) is 14.4 Å². The van der Waals surface area contributed by atoms with Gasteiger partial charge in [-0.1, -0.05) is 99.1 Å². The average Bonchev–Trinajstić information content (AvgIpc) is 3.56. The van der Waals surface area contributed by atoms with E-state index in [4.69, 9.17) is 19.6 Å². The minimum atomic E-state index is -1.12. The number of esters is 1. The third-order valence-electron chi connectivity index (χ3n) is 10.4. The SMILES string of the molecule is CCC(C)[C@H](NC(=O)[C@@H](CCCNC(=N)NC)NC(=O)[C@@H](CCCCNC(=O)OC(C)(C)C)NC(=O)OCC1c2ccccc2-c2ccccc21)C(=O)OCc1ccccc1. The predicted octanol–water partition coefficient (Wildman–Crippen LogP) is 5.87. The number of carbonyl (C=O) groups excluding carboxylic acids is 5. The molecule has 0 radical (unpaired) electrons. The highest BCUT2D eigenvalue weighted by molar-refractivity contribution is 5.93. The van der Waals surface area contributed by atoms with Crippen LogP contribution in [0.25, 0.3) is 11.1 Å². The summed E-state index contributed by atoms with van der Waals surface area (Å²) in [6, 6.07) is 21.9. The summed E-state index contributed by atoms with van der Waals surface area (Å²) in [4.78, 5) is 67.4. The van der Waals surface area contributed by atoms with Crippen molar-refractivity contribution in [2.75, 3.05) is 26.7 Å². The number of alkyl carbamates (subject to hydrolysis) is 2. The molecule has 1 aliphatic rings. The molecule has 4 atom stereocenters. The number of guanidine groups is 1. The van der Waals surface area contributed by atoms with Crippen LogP contribution in [-0.4, -0.2) is 86.4 Å². The van der Waals surface area contributed by atoms with Crippen molar-refractivity contribution in [2.24, 2.45) is 5.92 Å². The lowest BCUT2D eigenvalue weighted by molar-refractivity contribution is -0.151. The second-order valence-corrected chi connectivity index (χ2v) is 16.2. The largest absolute Gasteiger partial charge is 0.459 e. The van der Waals surface area contributed by atoms with Crippen LogP contribution in [0.2, 0.25) is 0 Å². The number of amides is 4. The maximum Gasteiger partial charge on any atom is 0.407 e. The van der Waals surface area contributed by atoms with E-state index in [1.165, 1.54) is 0 Å². The molecule has 3 aromatic carbocycles. The Hall–Kier alpha value is -6.12. The summed E-state index contributed by atoms with van der Waals surface area (Å²) in [5, 5.41) is 24.6. The van der Waals surface area contributed by atoms with Gasteiger partial charge in [0, 0.05) is 26.1 Å². The molecule has 0 heterocycles. The zero-order valence-corrected chi connectivity index (χ0v) is 36.2. The summed E-state index contributed by atoms with van der Waals surface area (Å²) in [7, 11) is 1.61. The molecule has 0 aromatic heterocycles. The maximum absolute atomic E-state index is 14.2. The number of hydrogen-bond acceptors (Lipinski definition) is 9.